The van der Waals surface area contributed by atoms with Crippen molar-refractivity contribution in [1.82, 2.24) is 10.2 Å². The molecule has 0 atom stereocenters. The zero-order valence-corrected chi connectivity index (χ0v) is 13.7. The van der Waals surface area contributed by atoms with Crippen LogP contribution in [0.1, 0.15) is 30.3 Å². The molecule has 1 amide bonds. The fourth-order valence-corrected chi connectivity index (χ4v) is 2.06. The van der Waals surface area contributed by atoms with Crippen LogP contribution in [-0.4, -0.2) is 36.8 Å². The highest BCUT2D eigenvalue weighted by Gasteiger charge is 2.10. The zero-order chi connectivity index (χ0) is 16.7. The summed E-state index contributed by atoms with van der Waals surface area (Å²) in [5, 5.41) is 10.9. The molecular formula is C17H22N4O2. The number of unbranched alkanes of at least 4 members (excludes halogenated alkanes) is 1. The molecule has 0 aliphatic carbocycles. The first-order valence-corrected chi connectivity index (χ1v) is 7.64. The number of aromatic nitrogens is 2. The Hall–Kier alpha value is -2.63. The molecule has 0 bridgehead atoms. The number of methoxy groups -OCH3 is 1. The second kappa shape index (κ2) is 8.12. The summed E-state index contributed by atoms with van der Waals surface area (Å²) in [6.07, 6.45) is 2.22. The predicted octanol–water partition coefficient (Wildman–Crippen LogP) is 2.97. The zero-order valence-electron chi connectivity index (χ0n) is 13.7. The molecule has 1 aromatic heterocycles. The van der Waals surface area contributed by atoms with E-state index in [1.165, 1.54) is 0 Å². The molecule has 6 heteroatoms. The minimum absolute atomic E-state index is 0.278. The van der Waals surface area contributed by atoms with Gasteiger partial charge in [-0.05, 0) is 30.7 Å². The third-order valence-electron chi connectivity index (χ3n) is 3.45. The van der Waals surface area contributed by atoms with Crippen molar-refractivity contribution in [1.29, 1.82) is 0 Å². The van der Waals surface area contributed by atoms with Crippen molar-refractivity contribution in [3.8, 4) is 5.75 Å². The Morgan fingerprint density at radius 2 is 2.09 bits per heavy atom. The molecule has 0 fully saturated rings. The summed E-state index contributed by atoms with van der Waals surface area (Å²) in [5.41, 5.74) is 0.931. The number of hydrogen-bond donors (Lipinski definition) is 1. The largest absolute Gasteiger partial charge is 0.497 e. The van der Waals surface area contributed by atoms with Gasteiger partial charge in [0.25, 0.3) is 5.91 Å². The number of hydrogen-bond acceptors (Lipinski definition) is 5. The van der Waals surface area contributed by atoms with Crippen molar-refractivity contribution in [3.05, 3.63) is 42.1 Å². The summed E-state index contributed by atoms with van der Waals surface area (Å²) in [6.45, 7) is 3.06. The van der Waals surface area contributed by atoms with Crippen LogP contribution in [0.25, 0.3) is 0 Å². The highest BCUT2D eigenvalue weighted by molar-refractivity contribution is 6.02. The monoisotopic (exact) mass is 314 g/mol. The highest BCUT2D eigenvalue weighted by atomic mass is 16.5. The maximum absolute atomic E-state index is 12.2. The van der Waals surface area contributed by atoms with Gasteiger partial charge in [-0.15, -0.1) is 10.2 Å². The molecule has 1 aromatic carbocycles. The maximum atomic E-state index is 12.2. The van der Waals surface area contributed by atoms with Crippen LogP contribution in [-0.2, 0) is 0 Å². The van der Waals surface area contributed by atoms with Gasteiger partial charge >= 0.3 is 0 Å². The van der Waals surface area contributed by atoms with Crippen molar-refractivity contribution in [2.45, 2.75) is 19.8 Å². The van der Waals surface area contributed by atoms with Crippen LogP contribution in [0.4, 0.5) is 11.5 Å². The lowest BCUT2D eigenvalue weighted by Gasteiger charge is -2.16. The normalized spacial score (nSPS) is 10.2. The summed E-state index contributed by atoms with van der Waals surface area (Å²) >= 11 is 0. The van der Waals surface area contributed by atoms with Crippen LogP contribution in [0.3, 0.4) is 0 Å². The Balaban J connectivity index is 2.02. The van der Waals surface area contributed by atoms with E-state index in [0.29, 0.717) is 11.4 Å². The molecule has 0 saturated carbocycles. The van der Waals surface area contributed by atoms with Crippen LogP contribution < -0.4 is 15.0 Å². The topological polar surface area (TPSA) is 67.4 Å². The smallest absolute Gasteiger partial charge is 0.276 e. The molecule has 23 heavy (non-hydrogen) atoms. The van der Waals surface area contributed by atoms with E-state index >= 15 is 0 Å². The van der Waals surface area contributed by atoms with Gasteiger partial charge in [0.15, 0.2) is 11.5 Å². The molecule has 2 aromatic rings. The SMILES string of the molecule is CCCCN(C)c1ccc(C(=O)Nc2cccc(OC)c2)nn1. The minimum atomic E-state index is -0.298. The number of ether oxygens (including phenoxy) is 1. The number of rotatable bonds is 7. The summed E-state index contributed by atoms with van der Waals surface area (Å²) < 4.78 is 5.13. The number of anilines is 2. The molecule has 122 valence electrons. The molecule has 0 spiro atoms. The summed E-state index contributed by atoms with van der Waals surface area (Å²) in [6, 6.07) is 10.7. The lowest BCUT2D eigenvalue weighted by molar-refractivity contribution is 0.102. The summed E-state index contributed by atoms with van der Waals surface area (Å²) in [7, 11) is 3.55. The van der Waals surface area contributed by atoms with Gasteiger partial charge in [-0.3, -0.25) is 4.79 Å². The standard InChI is InChI=1S/C17H22N4O2/c1-4-5-11-21(2)16-10-9-15(19-20-16)17(22)18-13-7-6-8-14(12-13)23-3/h6-10,12H,4-5,11H2,1-3H3,(H,18,22). The van der Waals surface area contributed by atoms with Gasteiger partial charge < -0.3 is 15.0 Å². The summed E-state index contributed by atoms with van der Waals surface area (Å²) in [5.74, 6) is 1.15. The second-order valence-corrected chi connectivity index (χ2v) is 5.24. The number of nitrogens with zero attached hydrogens (tertiary/aromatic N) is 3. The number of benzene rings is 1. The Morgan fingerprint density at radius 3 is 2.74 bits per heavy atom. The van der Waals surface area contributed by atoms with Crippen LogP contribution in [0, 0.1) is 0 Å². The first kappa shape index (κ1) is 16.7. The van der Waals surface area contributed by atoms with Gasteiger partial charge in [0.05, 0.1) is 7.11 Å². The van der Waals surface area contributed by atoms with Gasteiger partial charge in [-0.25, -0.2) is 0 Å². The van der Waals surface area contributed by atoms with E-state index in [0.717, 1.165) is 25.2 Å². The van der Waals surface area contributed by atoms with Gasteiger partial charge in [0.2, 0.25) is 0 Å². The van der Waals surface area contributed by atoms with E-state index in [1.54, 1.807) is 25.3 Å². The first-order chi connectivity index (χ1) is 11.1. The van der Waals surface area contributed by atoms with Crippen LogP contribution in [0.15, 0.2) is 36.4 Å². The molecule has 0 aliphatic rings. The van der Waals surface area contributed by atoms with Gasteiger partial charge in [-0.1, -0.05) is 19.4 Å². The second-order valence-electron chi connectivity index (χ2n) is 5.24. The number of carbonyl (C=O) groups excluding carboxylic acids is 1. The van der Waals surface area contributed by atoms with Crippen molar-refractivity contribution in [2.24, 2.45) is 0 Å². The maximum Gasteiger partial charge on any atom is 0.276 e. The average Bonchev–Trinajstić information content (AvgIpc) is 2.60. The minimum Gasteiger partial charge on any atom is -0.497 e. The average molecular weight is 314 g/mol. The van der Waals surface area contributed by atoms with Crippen LogP contribution in [0.5, 0.6) is 5.75 Å². The number of carbonyl (C=O) groups is 1. The highest BCUT2D eigenvalue weighted by Crippen LogP contribution is 2.17. The lowest BCUT2D eigenvalue weighted by atomic mass is 10.2. The lowest BCUT2D eigenvalue weighted by Crippen LogP contribution is -2.21. The molecule has 1 N–H and O–H groups in total. The van der Waals surface area contributed by atoms with Gasteiger partial charge in [-0.2, -0.15) is 0 Å². The van der Waals surface area contributed by atoms with E-state index in [4.69, 9.17) is 4.74 Å². The van der Waals surface area contributed by atoms with Crippen molar-refractivity contribution in [3.63, 3.8) is 0 Å². The third-order valence-corrected chi connectivity index (χ3v) is 3.45. The fraction of sp³-hybridized carbons (Fsp3) is 0.353. The molecule has 0 saturated heterocycles. The third kappa shape index (κ3) is 4.67. The quantitative estimate of drug-likeness (QED) is 0.851. The molecule has 0 radical (unpaired) electrons. The van der Waals surface area contributed by atoms with E-state index in [2.05, 4.69) is 22.4 Å². The molecule has 0 aliphatic heterocycles. The number of nitrogens with one attached hydrogen (secondary N) is 1. The van der Waals surface area contributed by atoms with Gasteiger partial charge in [0, 0.05) is 25.3 Å². The Bertz CT molecular complexity index is 643. The molecule has 1 heterocycles. The van der Waals surface area contributed by atoms with Crippen molar-refractivity contribution in [2.75, 3.05) is 30.9 Å². The van der Waals surface area contributed by atoms with E-state index < -0.39 is 0 Å². The van der Waals surface area contributed by atoms with Crippen LogP contribution >= 0.6 is 0 Å². The van der Waals surface area contributed by atoms with Crippen molar-refractivity contribution >= 4 is 17.4 Å². The molecule has 0 unspecified atom stereocenters. The van der Waals surface area contributed by atoms with E-state index in [9.17, 15) is 4.79 Å². The Labute approximate surface area is 136 Å². The Morgan fingerprint density at radius 1 is 1.26 bits per heavy atom. The summed E-state index contributed by atoms with van der Waals surface area (Å²) in [4.78, 5) is 14.2. The van der Waals surface area contributed by atoms with Gasteiger partial charge in [0.1, 0.15) is 5.75 Å². The first-order valence-electron chi connectivity index (χ1n) is 7.64. The van der Waals surface area contributed by atoms with E-state index in [1.807, 2.05) is 30.1 Å². The molecule has 6 nitrogen and oxygen atoms in total. The predicted molar refractivity (Wildman–Crippen MR) is 91.2 cm³/mol. The fourth-order valence-electron chi connectivity index (χ4n) is 2.06. The van der Waals surface area contributed by atoms with Crippen LogP contribution in [0.2, 0.25) is 0 Å². The molecule has 2 rings (SSSR count). The molecular weight excluding hydrogens is 292 g/mol. The Kier molecular flexibility index (Phi) is 5.91. The number of amides is 1. The van der Waals surface area contributed by atoms with E-state index in [-0.39, 0.29) is 11.6 Å². The van der Waals surface area contributed by atoms with Crippen molar-refractivity contribution < 1.29 is 9.53 Å².